The van der Waals surface area contributed by atoms with Crippen LogP contribution in [0.5, 0.6) is 11.5 Å². The lowest BCUT2D eigenvalue weighted by Crippen LogP contribution is -2.76. The summed E-state index contributed by atoms with van der Waals surface area (Å²) in [5.41, 5.74) is 0.184. The van der Waals surface area contributed by atoms with Crippen LogP contribution in [-0.4, -0.2) is 52.6 Å². The molecule has 1 saturated heterocycles. The van der Waals surface area contributed by atoms with Crippen molar-refractivity contribution in [1.29, 1.82) is 0 Å². The Hall–Kier alpha value is -2.18. The highest BCUT2D eigenvalue weighted by molar-refractivity contribution is 5.90. The largest absolute Gasteiger partial charge is 0.477 e. The summed E-state index contributed by atoms with van der Waals surface area (Å²) in [6.45, 7) is 7.66. The van der Waals surface area contributed by atoms with Gasteiger partial charge in [-0.2, -0.15) is 0 Å². The molecule has 0 radical (unpaired) electrons. The van der Waals surface area contributed by atoms with Crippen molar-refractivity contribution in [2.45, 2.75) is 146 Å². The molecule has 1 spiro atoms. The Kier molecular flexibility index (Phi) is 9.91. The second kappa shape index (κ2) is 13.4. The van der Waals surface area contributed by atoms with E-state index in [2.05, 4.69) is 18.4 Å². The second-order valence-corrected chi connectivity index (χ2v) is 13.0. The van der Waals surface area contributed by atoms with Gasteiger partial charge in [-0.1, -0.05) is 96.1 Å². The average Bonchev–Trinajstić information content (AvgIpc) is 3.32. The van der Waals surface area contributed by atoms with E-state index in [1.807, 2.05) is 18.2 Å². The van der Waals surface area contributed by atoms with Crippen molar-refractivity contribution in [3.63, 3.8) is 0 Å². The van der Waals surface area contributed by atoms with Crippen LogP contribution in [0.2, 0.25) is 0 Å². The second-order valence-electron chi connectivity index (χ2n) is 13.0. The van der Waals surface area contributed by atoms with Crippen LogP contribution in [-0.2, 0) is 21.4 Å². The highest BCUT2D eigenvalue weighted by atomic mass is 16.6. The number of benzene rings is 1. The monoisotopic (exact) mass is 565 g/mol. The van der Waals surface area contributed by atoms with Crippen molar-refractivity contribution in [2.24, 2.45) is 0 Å². The van der Waals surface area contributed by atoms with Gasteiger partial charge in [0.25, 0.3) is 0 Å². The maximum Gasteiger partial charge on any atom is 0.311 e. The maximum absolute atomic E-state index is 13.2. The first kappa shape index (κ1) is 30.3. The fourth-order valence-corrected chi connectivity index (χ4v) is 8.33. The van der Waals surface area contributed by atoms with Gasteiger partial charge in [0.15, 0.2) is 23.4 Å². The lowest BCUT2D eigenvalue weighted by molar-refractivity contribution is -0.187. The van der Waals surface area contributed by atoms with Crippen LogP contribution < -0.4 is 9.47 Å². The molecule has 2 bridgehead atoms. The van der Waals surface area contributed by atoms with E-state index in [0.717, 1.165) is 36.9 Å². The van der Waals surface area contributed by atoms with Crippen LogP contribution in [0.1, 0.15) is 127 Å². The molecule has 1 aromatic rings. The van der Waals surface area contributed by atoms with Crippen molar-refractivity contribution in [3.05, 3.63) is 35.9 Å². The fraction of sp³-hybridized carbons (Fsp3) is 0.714. The van der Waals surface area contributed by atoms with Gasteiger partial charge in [0.05, 0.1) is 11.0 Å². The molecule has 0 aromatic heterocycles. The summed E-state index contributed by atoms with van der Waals surface area (Å²) >= 11 is 0. The molecule has 41 heavy (non-hydrogen) atoms. The van der Waals surface area contributed by atoms with Crippen molar-refractivity contribution in [3.8, 4) is 11.5 Å². The van der Waals surface area contributed by atoms with Crippen LogP contribution in [0.15, 0.2) is 24.8 Å². The van der Waals surface area contributed by atoms with Gasteiger partial charge in [-0.15, -0.1) is 6.58 Å². The summed E-state index contributed by atoms with van der Waals surface area (Å²) in [6, 6.07) is 3.76. The SMILES string of the molecule is C=CCN1CC[C@@]23c4c5ccc(OC(=O)CCCCCCCCCCCCCCC)c4O[C@H]2C(=O)CC[C@@]3(O)[C@H]1C5. The van der Waals surface area contributed by atoms with Crippen LogP contribution in [0.25, 0.3) is 0 Å². The van der Waals surface area contributed by atoms with Gasteiger partial charge >= 0.3 is 5.97 Å². The molecule has 0 unspecified atom stereocenters. The van der Waals surface area contributed by atoms with Crippen molar-refractivity contribution >= 4 is 11.8 Å². The molecular weight excluding hydrogens is 514 g/mol. The molecule has 4 atom stereocenters. The summed E-state index contributed by atoms with van der Waals surface area (Å²) in [6.07, 6.45) is 20.0. The number of esters is 1. The minimum atomic E-state index is -1.05. The van der Waals surface area contributed by atoms with E-state index in [0.29, 0.717) is 50.1 Å². The van der Waals surface area contributed by atoms with Gasteiger partial charge in [-0.05, 0) is 37.3 Å². The van der Waals surface area contributed by atoms with Crippen molar-refractivity contribution in [2.75, 3.05) is 13.1 Å². The predicted molar refractivity (Wildman–Crippen MR) is 162 cm³/mol. The Labute approximate surface area is 246 Å². The van der Waals surface area contributed by atoms with Crippen LogP contribution >= 0.6 is 0 Å². The predicted octanol–water partition coefficient (Wildman–Crippen LogP) is 6.98. The molecule has 0 amide bonds. The van der Waals surface area contributed by atoms with E-state index >= 15 is 0 Å². The maximum atomic E-state index is 13.2. The first-order valence-corrected chi connectivity index (χ1v) is 16.6. The zero-order chi connectivity index (χ0) is 28.9. The Morgan fingerprint density at radius 2 is 1.71 bits per heavy atom. The number of aliphatic hydroxyl groups is 1. The van der Waals surface area contributed by atoms with Crippen LogP contribution in [0, 0.1) is 0 Å². The number of ketones is 1. The molecule has 2 aliphatic heterocycles. The summed E-state index contributed by atoms with van der Waals surface area (Å²) < 4.78 is 12.2. The molecule has 6 heteroatoms. The van der Waals surface area contributed by atoms with Crippen molar-refractivity contribution in [1.82, 2.24) is 4.90 Å². The highest BCUT2D eigenvalue weighted by Crippen LogP contribution is 2.64. The third kappa shape index (κ3) is 5.76. The summed E-state index contributed by atoms with van der Waals surface area (Å²) in [7, 11) is 0. The molecule has 1 saturated carbocycles. The van der Waals surface area contributed by atoms with E-state index in [4.69, 9.17) is 9.47 Å². The minimum Gasteiger partial charge on any atom is -0.477 e. The summed E-state index contributed by atoms with van der Waals surface area (Å²) in [5, 5.41) is 12.3. The van der Waals surface area contributed by atoms with Gasteiger partial charge in [0.2, 0.25) is 0 Å². The quantitative estimate of drug-likeness (QED) is 0.0950. The molecule has 6 nitrogen and oxygen atoms in total. The number of piperidine rings is 1. The Balaban J connectivity index is 1.13. The van der Waals surface area contributed by atoms with Gasteiger partial charge < -0.3 is 14.6 Å². The zero-order valence-electron chi connectivity index (χ0n) is 25.3. The zero-order valence-corrected chi connectivity index (χ0v) is 25.3. The number of hydrogen-bond acceptors (Lipinski definition) is 6. The van der Waals surface area contributed by atoms with E-state index in [-0.39, 0.29) is 17.8 Å². The number of unbranched alkanes of at least 4 members (excludes halogenated alkanes) is 12. The molecule has 2 heterocycles. The van der Waals surface area contributed by atoms with Gasteiger partial charge in [-0.25, -0.2) is 0 Å². The van der Waals surface area contributed by atoms with E-state index in [1.165, 1.54) is 64.2 Å². The first-order chi connectivity index (χ1) is 20.0. The summed E-state index contributed by atoms with van der Waals surface area (Å²) in [5.74, 6) is 0.695. The molecule has 4 aliphatic rings. The number of carbonyl (C=O) groups is 2. The average molecular weight is 566 g/mol. The highest BCUT2D eigenvalue weighted by Gasteiger charge is 2.73. The lowest BCUT2D eigenvalue weighted by Gasteiger charge is -2.62. The molecule has 2 fully saturated rings. The van der Waals surface area contributed by atoms with Crippen LogP contribution in [0.4, 0.5) is 0 Å². The lowest BCUT2D eigenvalue weighted by atomic mass is 9.49. The van der Waals surface area contributed by atoms with E-state index in [9.17, 15) is 14.7 Å². The number of ether oxygens (including phenoxy) is 2. The first-order valence-electron chi connectivity index (χ1n) is 16.6. The third-order valence-electron chi connectivity index (χ3n) is 10.4. The number of likely N-dealkylation sites (tertiary alicyclic amines) is 1. The van der Waals surface area contributed by atoms with Gasteiger partial charge in [0, 0.05) is 37.5 Å². The van der Waals surface area contributed by atoms with Gasteiger partial charge in [-0.3, -0.25) is 14.5 Å². The van der Waals surface area contributed by atoms with Gasteiger partial charge in [0.1, 0.15) is 0 Å². The minimum absolute atomic E-state index is 0.0406. The van der Waals surface area contributed by atoms with Crippen LogP contribution in [0.3, 0.4) is 0 Å². The molecule has 2 aliphatic carbocycles. The number of Topliss-reactive ketones (excluding diaryl/α,β-unsaturated/α-hetero) is 1. The smallest absolute Gasteiger partial charge is 0.311 e. The Bertz CT molecular complexity index is 1100. The Morgan fingerprint density at radius 3 is 2.37 bits per heavy atom. The standard InChI is InChI=1S/C35H51NO5/c1-3-5-6-7-8-9-10-11-12-13-14-15-16-17-30(38)40-28-19-18-26-25-29-35(39)21-20-27(37)33-34(35,31(26)32(28)41-33)22-24-36(29)23-4-2/h4,18-19,29,33,39H,2-3,5-17,20-25H2,1H3/t29-,33+,34-,35-/m1/s1. The molecule has 226 valence electrons. The molecule has 1 N–H and O–H groups in total. The molecule has 5 rings (SSSR count). The topological polar surface area (TPSA) is 76.1 Å². The number of hydrogen-bond donors (Lipinski definition) is 1. The third-order valence-corrected chi connectivity index (χ3v) is 10.4. The number of rotatable bonds is 17. The number of nitrogens with zero attached hydrogens (tertiary/aromatic N) is 1. The number of carbonyl (C=O) groups excluding carboxylic acids is 2. The fourth-order valence-electron chi connectivity index (χ4n) is 8.33. The Morgan fingerprint density at radius 1 is 1.05 bits per heavy atom. The molecule has 1 aromatic carbocycles. The summed E-state index contributed by atoms with van der Waals surface area (Å²) in [4.78, 5) is 28.3. The van der Waals surface area contributed by atoms with E-state index in [1.54, 1.807) is 0 Å². The van der Waals surface area contributed by atoms with Crippen molar-refractivity contribution < 1.29 is 24.2 Å². The molecular formula is C35H51NO5. The normalized spacial score (nSPS) is 27.8. The van der Waals surface area contributed by atoms with E-state index < -0.39 is 17.1 Å².